The molecule has 0 radical (unpaired) electrons. The summed E-state index contributed by atoms with van der Waals surface area (Å²) >= 11 is 0. The molecule has 1 rings (SSSR count). The van der Waals surface area contributed by atoms with Gasteiger partial charge >= 0.3 is 0 Å². The van der Waals surface area contributed by atoms with Crippen molar-refractivity contribution in [1.82, 2.24) is 15.1 Å². The predicted octanol–water partition coefficient (Wildman–Crippen LogP) is 2.05. The maximum atomic E-state index is 12.4. The Balaban J connectivity index is 2.57. The van der Waals surface area contributed by atoms with Gasteiger partial charge in [-0.15, -0.1) is 0 Å². The Bertz CT molecular complexity index is 500. The standard InChI is InChI=1S/C18H29N3O2/c1-6-21(7-2)17(22)13-20(5)15(4)18(23)19-14(3)16-11-9-8-10-12-16/h8-12,14-15H,6-7,13H2,1-5H3,(H,19,23). The fraction of sp³-hybridized carbons (Fsp3) is 0.556. The Labute approximate surface area is 139 Å². The van der Waals surface area contributed by atoms with Crippen LogP contribution in [-0.4, -0.2) is 54.3 Å². The molecule has 0 aliphatic heterocycles. The second-order valence-corrected chi connectivity index (χ2v) is 5.80. The molecule has 0 bridgehead atoms. The van der Waals surface area contributed by atoms with E-state index < -0.39 is 0 Å². The SMILES string of the molecule is CCN(CC)C(=O)CN(C)C(C)C(=O)NC(C)c1ccccc1. The van der Waals surface area contributed by atoms with E-state index in [1.165, 1.54) is 0 Å². The smallest absolute Gasteiger partial charge is 0.237 e. The zero-order valence-corrected chi connectivity index (χ0v) is 14.9. The minimum Gasteiger partial charge on any atom is -0.348 e. The monoisotopic (exact) mass is 319 g/mol. The second kappa shape index (κ2) is 9.30. The van der Waals surface area contributed by atoms with Crippen molar-refractivity contribution in [2.24, 2.45) is 0 Å². The van der Waals surface area contributed by atoms with Gasteiger partial charge in [-0.05, 0) is 40.3 Å². The van der Waals surface area contributed by atoms with E-state index in [9.17, 15) is 9.59 Å². The highest BCUT2D eigenvalue weighted by Crippen LogP contribution is 2.11. The van der Waals surface area contributed by atoms with Crippen molar-refractivity contribution in [3.63, 3.8) is 0 Å². The van der Waals surface area contributed by atoms with Gasteiger partial charge in [0, 0.05) is 13.1 Å². The number of carbonyl (C=O) groups is 2. The van der Waals surface area contributed by atoms with Gasteiger partial charge in [0.2, 0.25) is 11.8 Å². The highest BCUT2D eigenvalue weighted by Gasteiger charge is 2.23. The fourth-order valence-corrected chi connectivity index (χ4v) is 2.39. The number of nitrogens with one attached hydrogen (secondary N) is 1. The summed E-state index contributed by atoms with van der Waals surface area (Å²) in [5.41, 5.74) is 1.06. The van der Waals surface area contributed by atoms with Crippen molar-refractivity contribution in [2.45, 2.75) is 39.8 Å². The Morgan fingerprint density at radius 3 is 2.17 bits per heavy atom. The minimum absolute atomic E-state index is 0.0493. The molecule has 1 aromatic carbocycles. The van der Waals surface area contributed by atoms with Crippen LogP contribution in [0.4, 0.5) is 0 Å². The summed E-state index contributed by atoms with van der Waals surface area (Å²) in [6, 6.07) is 9.42. The van der Waals surface area contributed by atoms with Gasteiger partial charge in [0.15, 0.2) is 0 Å². The van der Waals surface area contributed by atoms with Crippen molar-refractivity contribution in [2.75, 3.05) is 26.7 Å². The summed E-state index contributed by atoms with van der Waals surface area (Å²) in [7, 11) is 1.80. The number of carbonyl (C=O) groups excluding carboxylic acids is 2. The lowest BCUT2D eigenvalue weighted by Gasteiger charge is -2.27. The molecule has 0 saturated heterocycles. The fourth-order valence-electron chi connectivity index (χ4n) is 2.39. The topological polar surface area (TPSA) is 52.7 Å². The Hall–Kier alpha value is -1.88. The lowest BCUT2D eigenvalue weighted by molar-refractivity contribution is -0.133. The van der Waals surface area contributed by atoms with Gasteiger partial charge in [-0.1, -0.05) is 30.3 Å². The summed E-state index contributed by atoms with van der Waals surface area (Å²) in [5.74, 6) is -0.0237. The molecule has 1 aromatic rings. The van der Waals surface area contributed by atoms with Gasteiger partial charge in [-0.2, -0.15) is 0 Å². The number of rotatable bonds is 8. The number of likely N-dealkylation sites (N-methyl/N-ethyl adjacent to an activating group) is 2. The molecule has 0 fully saturated rings. The Kier molecular flexibility index (Phi) is 7.75. The van der Waals surface area contributed by atoms with Crippen molar-refractivity contribution in [1.29, 1.82) is 0 Å². The van der Waals surface area contributed by atoms with Crippen LogP contribution in [0, 0.1) is 0 Å². The summed E-state index contributed by atoms with van der Waals surface area (Å²) in [4.78, 5) is 28.1. The van der Waals surface area contributed by atoms with E-state index in [4.69, 9.17) is 0 Å². The molecule has 0 aliphatic carbocycles. The van der Waals surface area contributed by atoms with Crippen LogP contribution >= 0.6 is 0 Å². The second-order valence-electron chi connectivity index (χ2n) is 5.80. The highest BCUT2D eigenvalue weighted by molar-refractivity contribution is 5.83. The van der Waals surface area contributed by atoms with Crippen LogP contribution in [0.15, 0.2) is 30.3 Å². The first-order valence-corrected chi connectivity index (χ1v) is 8.24. The maximum Gasteiger partial charge on any atom is 0.237 e. The zero-order valence-electron chi connectivity index (χ0n) is 14.9. The number of hydrogen-bond donors (Lipinski definition) is 1. The van der Waals surface area contributed by atoms with E-state index in [1.807, 2.05) is 58.0 Å². The lowest BCUT2D eigenvalue weighted by Crippen LogP contribution is -2.48. The van der Waals surface area contributed by atoms with Crippen molar-refractivity contribution < 1.29 is 9.59 Å². The van der Waals surface area contributed by atoms with Gasteiger partial charge in [0.05, 0.1) is 18.6 Å². The van der Waals surface area contributed by atoms with Crippen LogP contribution in [0.3, 0.4) is 0 Å². The third kappa shape index (κ3) is 5.67. The first-order valence-electron chi connectivity index (χ1n) is 8.24. The molecule has 2 amide bonds. The summed E-state index contributed by atoms with van der Waals surface area (Å²) in [6.45, 7) is 9.32. The molecule has 1 N–H and O–H groups in total. The molecule has 128 valence electrons. The number of nitrogens with zero attached hydrogens (tertiary/aromatic N) is 2. The Morgan fingerprint density at radius 1 is 1.09 bits per heavy atom. The summed E-state index contributed by atoms with van der Waals surface area (Å²) < 4.78 is 0. The van der Waals surface area contributed by atoms with Crippen LogP contribution in [0.2, 0.25) is 0 Å². The van der Waals surface area contributed by atoms with Gasteiger partial charge in [0.1, 0.15) is 0 Å². The zero-order chi connectivity index (χ0) is 17.4. The van der Waals surface area contributed by atoms with E-state index in [2.05, 4.69) is 5.32 Å². The van der Waals surface area contributed by atoms with Crippen LogP contribution < -0.4 is 5.32 Å². The quantitative estimate of drug-likeness (QED) is 0.798. The van der Waals surface area contributed by atoms with E-state index >= 15 is 0 Å². The third-order valence-electron chi connectivity index (χ3n) is 4.20. The molecular weight excluding hydrogens is 290 g/mol. The summed E-state index contributed by atoms with van der Waals surface area (Å²) in [6.07, 6.45) is 0. The molecule has 0 saturated carbocycles. The third-order valence-corrected chi connectivity index (χ3v) is 4.20. The Morgan fingerprint density at radius 2 is 1.65 bits per heavy atom. The first kappa shape index (κ1) is 19.2. The van der Waals surface area contributed by atoms with E-state index in [0.29, 0.717) is 13.1 Å². The molecule has 2 unspecified atom stereocenters. The molecule has 2 atom stereocenters. The number of benzene rings is 1. The van der Waals surface area contributed by atoms with Crippen LogP contribution in [0.1, 0.15) is 39.3 Å². The van der Waals surface area contributed by atoms with E-state index in [1.54, 1.807) is 16.8 Å². The van der Waals surface area contributed by atoms with Crippen LogP contribution in [-0.2, 0) is 9.59 Å². The van der Waals surface area contributed by atoms with Crippen LogP contribution in [0.5, 0.6) is 0 Å². The predicted molar refractivity (Wildman–Crippen MR) is 93.0 cm³/mol. The van der Waals surface area contributed by atoms with Gasteiger partial charge in [-0.3, -0.25) is 14.5 Å². The molecule has 23 heavy (non-hydrogen) atoms. The van der Waals surface area contributed by atoms with Crippen molar-refractivity contribution in [3.05, 3.63) is 35.9 Å². The van der Waals surface area contributed by atoms with Crippen molar-refractivity contribution in [3.8, 4) is 0 Å². The number of amides is 2. The van der Waals surface area contributed by atoms with Crippen LogP contribution in [0.25, 0.3) is 0 Å². The van der Waals surface area contributed by atoms with E-state index in [-0.39, 0.29) is 30.4 Å². The first-order chi connectivity index (χ1) is 10.9. The molecule has 5 heteroatoms. The molecule has 0 spiro atoms. The molecular formula is C18H29N3O2. The molecule has 5 nitrogen and oxygen atoms in total. The van der Waals surface area contributed by atoms with E-state index in [0.717, 1.165) is 5.56 Å². The average molecular weight is 319 g/mol. The minimum atomic E-state index is -0.360. The van der Waals surface area contributed by atoms with Gasteiger partial charge in [-0.25, -0.2) is 0 Å². The normalized spacial score (nSPS) is 13.5. The molecule has 0 aromatic heterocycles. The molecule has 0 heterocycles. The molecule has 0 aliphatic rings. The maximum absolute atomic E-state index is 12.4. The van der Waals surface area contributed by atoms with Gasteiger partial charge < -0.3 is 10.2 Å². The average Bonchev–Trinajstić information content (AvgIpc) is 2.55. The van der Waals surface area contributed by atoms with Crippen molar-refractivity contribution >= 4 is 11.8 Å². The largest absolute Gasteiger partial charge is 0.348 e. The van der Waals surface area contributed by atoms with Gasteiger partial charge in [0.25, 0.3) is 0 Å². The summed E-state index contributed by atoms with van der Waals surface area (Å²) in [5, 5.41) is 3.00. The number of hydrogen-bond acceptors (Lipinski definition) is 3. The lowest BCUT2D eigenvalue weighted by atomic mass is 10.1. The highest BCUT2D eigenvalue weighted by atomic mass is 16.2.